The highest BCUT2D eigenvalue weighted by Gasteiger charge is 2.18. The fraction of sp³-hybridized carbons (Fsp3) is 0.286. The van der Waals surface area contributed by atoms with Crippen molar-refractivity contribution >= 4 is 17.4 Å². The zero-order valence-electron chi connectivity index (χ0n) is 11.1. The largest absolute Gasteiger partial charge is 0.299 e. The summed E-state index contributed by atoms with van der Waals surface area (Å²) in [4.78, 5) is 12.0. The number of halogens is 3. The number of aromatic nitrogens is 2. The minimum atomic E-state index is -0.715. The molecule has 3 nitrogen and oxygen atoms in total. The van der Waals surface area contributed by atoms with Crippen molar-refractivity contribution in [1.82, 2.24) is 9.78 Å². The summed E-state index contributed by atoms with van der Waals surface area (Å²) in [5, 5.41) is 4.46. The Hall–Kier alpha value is -1.75. The maximum atomic E-state index is 13.5. The van der Waals surface area contributed by atoms with Crippen LogP contribution in [0.3, 0.4) is 0 Å². The molecule has 0 atom stereocenters. The van der Waals surface area contributed by atoms with E-state index in [2.05, 4.69) is 5.10 Å². The SMILES string of the molecule is Cc1nn(C)c(Cl)c1CC(=O)Cc1c(F)cccc1F. The average molecular weight is 299 g/mol. The number of ketones is 1. The van der Waals surface area contributed by atoms with Crippen molar-refractivity contribution in [2.75, 3.05) is 0 Å². The van der Waals surface area contributed by atoms with Crippen LogP contribution in [0.4, 0.5) is 8.78 Å². The van der Waals surface area contributed by atoms with Gasteiger partial charge in [0.25, 0.3) is 0 Å². The van der Waals surface area contributed by atoms with Crippen LogP contribution in [0.5, 0.6) is 0 Å². The Balaban J connectivity index is 2.18. The Kier molecular flexibility index (Phi) is 4.18. The molecule has 0 radical (unpaired) electrons. The summed E-state index contributed by atoms with van der Waals surface area (Å²) in [5.41, 5.74) is 1.02. The third kappa shape index (κ3) is 2.88. The Morgan fingerprint density at radius 3 is 2.30 bits per heavy atom. The van der Waals surface area contributed by atoms with Crippen LogP contribution in [0.15, 0.2) is 18.2 Å². The molecule has 0 N–H and O–H groups in total. The van der Waals surface area contributed by atoms with Gasteiger partial charge in [-0.25, -0.2) is 8.78 Å². The van der Waals surface area contributed by atoms with Gasteiger partial charge in [-0.05, 0) is 19.1 Å². The maximum absolute atomic E-state index is 13.5. The Labute approximate surface area is 120 Å². The molecule has 0 fully saturated rings. The monoisotopic (exact) mass is 298 g/mol. The van der Waals surface area contributed by atoms with E-state index in [0.29, 0.717) is 16.4 Å². The lowest BCUT2D eigenvalue weighted by atomic mass is 10.0. The summed E-state index contributed by atoms with van der Waals surface area (Å²) >= 11 is 6.02. The molecule has 0 aliphatic heterocycles. The molecule has 2 aromatic rings. The van der Waals surface area contributed by atoms with Crippen LogP contribution in [-0.2, 0) is 24.7 Å². The summed E-state index contributed by atoms with van der Waals surface area (Å²) in [5.74, 6) is -1.74. The highest BCUT2D eigenvalue weighted by atomic mass is 35.5. The van der Waals surface area contributed by atoms with E-state index in [9.17, 15) is 13.6 Å². The van der Waals surface area contributed by atoms with Crippen LogP contribution in [-0.4, -0.2) is 15.6 Å². The number of carbonyl (C=O) groups is 1. The van der Waals surface area contributed by atoms with E-state index in [1.807, 2.05) is 0 Å². The van der Waals surface area contributed by atoms with Crippen LogP contribution in [0, 0.1) is 18.6 Å². The molecule has 0 saturated heterocycles. The van der Waals surface area contributed by atoms with Gasteiger partial charge in [0, 0.05) is 31.0 Å². The van der Waals surface area contributed by atoms with Gasteiger partial charge in [-0.3, -0.25) is 9.48 Å². The van der Waals surface area contributed by atoms with Gasteiger partial charge >= 0.3 is 0 Å². The molecular weight excluding hydrogens is 286 g/mol. The van der Waals surface area contributed by atoms with Crippen molar-refractivity contribution in [2.24, 2.45) is 7.05 Å². The molecule has 20 heavy (non-hydrogen) atoms. The van der Waals surface area contributed by atoms with Gasteiger partial charge < -0.3 is 0 Å². The Bertz CT molecular complexity index is 647. The number of hydrogen-bond acceptors (Lipinski definition) is 2. The Morgan fingerprint density at radius 1 is 1.25 bits per heavy atom. The second-order valence-electron chi connectivity index (χ2n) is 4.57. The normalized spacial score (nSPS) is 10.8. The van der Waals surface area contributed by atoms with Gasteiger partial charge in [0.2, 0.25) is 0 Å². The number of hydrogen-bond donors (Lipinski definition) is 0. The minimum absolute atomic E-state index is 0.00623. The van der Waals surface area contributed by atoms with Crippen molar-refractivity contribution in [3.63, 3.8) is 0 Å². The third-order valence-corrected chi connectivity index (χ3v) is 3.55. The summed E-state index contributed by atoms with van der Waals surface area (Å²) in [7, 11) is 1.67. The minimum Gasteiger partial charge on any atom is -0.299 e. The average Bonchev–Trinajstić information content (AvgIpc) is 2.61. The fourth-order valence-electron chi connectivity index (χ4n) is 2.03. The number of rotatable bonds is 4. The molecule has 106 valence electrons. The van der Waals surface area contributed by atoms with Gasteiger partial charge in [-0.15, -0.1) is 0 Å². The van der Waals surface area contributed by atoms with Crippen LogP contribution >= 0.6 is 11.6 Å². The lowest BCUT2D eigenvalue weighted by molar-refractivity contribution is -0.117. The van der Waals surface area contributed by atoms with E-state index in [1.165, 1.54) is 10.7 Å². The standard InChI is InChI=1S/C14H13ClF2N2O/c1-8-10(14(15)19(2)18-8)6-9(20)7-11-12(16)4-3-5-13(11)17/h3-5H,6-7H2,1-2H3. The molecule has 1 aromatic carbocycles. The molecule has 1 heterocycles. The predicted octanol–water partition coefficient (Wildman–Crippen LogP) is 3.01. The first kappa shape index (κ1) is 14.7. The zero-order valence-corrected chi connectivity index (χ0v) is 11.8. The van der Waals surface area contributed by atoms with E-state index in [0.717, 1.165) is 12.1 Å². The van der Waals surface area contributed by atoms with Crippen molar-refractivity contribution in [2.45, 2.75) is 19.8 Å². The Morgan fingerprint density at radius 2 is 1.80 bits per heavy atom. The summed E-state index contributed by atoms with van der Waals surface area (Å²) < 4.78 is 28.4. The summed E-state index contributed by atoms with van der Waals surface area (Å²) in [6.45, 7) is 1.73. The molecule has 0 amide bonds. The van der Waals surface area contributed by atoms with Gasteiger partial charge in [-0.1, -0.05) is 17.7 Å². The van der Waals surface area contributed by atoms with Crippen LogP contribution < -0.4 is 0 Å². The van der Waals surface area contributed by atoms with Crippen LogP contribution in [0.1, 0.15) is 16.8 Å². The third-order valence-electron chi connectivity index (χ3n) is 3.08. The molecule has 0 saturated carbocycles. The fourth-order valence-corrected chi connectivity index (χ4v) is 2.27. The number of nitrogens with zero attached hydrogens (tertiary/aromatic N) is 2. The first-order valence-electron chi connectivity index (χ1n) is 6.02. The first-order valence-corrected chi connectivity index (χ1v) is 6.40. The van der Waals surface area contributed by atoms with Crippen molar-refractivity contribution < 1.29 is 13.6 Å². The summed E-state index contributed by atoms with van der Waals surface area (Å²) in [6.07, 6.45) is -0.296. The molecular formula is C14H13ClF2N2O. The van der Waals surface area contributed by atoms with Crippen LogP contribution in [0.2, 0.25) is 5.15 Å². The van der Waals surface area contributed by atoms with Crippen molar-refractivity contribution in [1.29, 1.82) is 0 Å². The van der Waals surface area contributed by atoms with E-state index >= 15 is 0 Å². The van der Waals surface area contributed by atoms with E-state index in [1.54, 1.807) is 14.0 Å². The molecule has 6 heteroatoms. The zero-order chi connectivity index (χ0) is 14.9. The van der Waals surface area contributed by atoms with Crippen molar-refractivity contribution in [3.8, 4) is 0 Å². The van der Waals surface area contributed by atoms with Gasteiger partial charge in [-0.2, -0.15) is 5.10 Å². The lowest BCUT2D eigenvalue weighted by Crippen LogP contribution is -2.10. The highest BCUT2D eigenvalue weighted by Crippen LogP contribution is 2.21. The smallest absolute Gasteiger partial charge is 0.142 e. The number of carbonyl (C=O) groups excluding carboxylic acids is 1. The molecule has 0 bridgehead atoms. The molecule has 1 aromatic heterocycles. The van der Waals surface area contributed by atoms with Gasteiger partial charge in [0.15, 0.2) is 0 Å². The van der Waals surface area contributed by atoms with Gasteiger partial charge in [0.1, 0.15) is 22.6 Å². The quantitative estimate of drug-likeness (QED) is 0.869. The number of Topliss-reactive ketones (excluding diaryl/α,β-unsaturated/α-hetero) is 1. The molecule has 0 aliphatic rings. The molecule has 0 spiro atoms. The molecule has 2 rings (SSSR count). The van der Waals surface area contributed by atoms with E-state index in [-0.39, 0.29) is 24.2 Å². The van der Waals surface area contributed by atoms with Crippen molar-refractivity contribution in [3.05, 3.63) is 51.8 Å². The molecule has 0 unspecified atom stereocenters. The lowest BCUT2D eigenvalue weighted by Gasteiger charge is -2.04. The second-order valence-corrected chi connectivity index (χ2v) is 4.93. The van der Waals surface area contributed by atoms with Crippen LogP contribution in [0.25, 0.3) is 0 Å². The predicted molar refractivity (Wildman–Crippen MR) is 71.7 cm³/mol. The highest BCUT2D eigenvalue weighted by molar-refractivity contribution is 6.30. The number of aryl methyl sites for hydroxylation is 2. The topological polar surface area (TPSA) is 34.9 Å². The summed E-state index contributed by atoms with van der Waals surface area (Å²) in [6, 6.07) is 3.53. The van der Waals surface area contributed by atoms with E-state index in [4.69, 9.17) is 11.6 Å². The maximum Gasteiger partial charge on any atom is 0.142 e. The number of benzene rings is 1. The van der Waals surface area contributed by atoms with E-state index < -0.39 is 11.6 Å². The second kappa shape index (κ2) is 5.71. The first-order chi connectivity index (χ1) is 9.40. The van der Waals surface area contributed by atoms with Gasteiger partial charge in [0.05, 0.1) is 5.69 Å². The molecule has 0 aliphatic carbocycles.